The molecule has 0 radical (unpaired) electrons. The Morgan fingerprint density at radius 2 is 2.21 bits per heavy atom. The average Bonchev–Trinajstić information content (AvgIpc) is 2.03. The molecule has 1 rings (SSSR count). The lowest BCUT2D eigenvalue weighted by molar-refractivity contribution is -0.742. The minimum Gasteiger partial charge on any atom is -0.366 e. The average molecular weight is 220 g/mol. The minimum absolute atomic E-state index is 0.274. The van der Waals surface area contributed by atoms with E-state index in [1.54, 1.807) is 0 Å². The van der Waals surface area contributed by atoms with Crippen LogP contribution in [0.1, 0.15) is 10.4 Å². The fourth-order valence-electron chi connectivity index (χ4n) is 0.556. The number of aromatic nitrogens is 1. The van der Waals surface area contributed by atoms with Crippen molar-refractivity contribution in [1.29, 1.82) is 0 Å². The van der Waals surface area contributed by atoms with Gasteiger partial charge < -0.3 is 10.9 Å². The summed E-state index contributed by atoms with van der Waals surface area (Å²) in [7, 11) is 0. The lowest BCUT2D eigenvalue weighted by Crippen LogP contribution is -2.10. The van der Waals surface area contributed by atoms with Crippen molar-refractivity contribution in [3.8, 4) is 0 Å². The number of hydrogen-bond acceptors (Lipinski definition) is 4. The summed E-state index contributed by atoms with van der Waals surface area (Å²) in [6, 6.07) is 2.93. The molecule has 0 saturated carbocycles. The number of pyridine rings is 1. The Hall–Kier alpha value is -1.89. The van der Waals surface area contributed by atoms with Crippen LogP contribution in [-0.4, -0.2) is 21.2 Å². The molecule has 0 spiro atoms. The largest absolute Gasteiger partial charge is 0.366 e. The first-order chi connectivity index (χ1) is 6.43. The first-order valence-corrected chi connectivity index (χ1v) is 3.56. The molecule has 0 unspecified atom stereocenters. The minimum atomic E-state index is -1.50. The molecule has 8 heteroatoms. The molecule has 0 fully saturated rings. The Morgan fingerprint density at radius 3 is 2.50 bits per heavy atom. The second-order valence-electron chi connectivity index (χ2n) is 1.97. The maximum atomic E-state index is 10.5. The third kappa shape index (κ3) is 5.72. The molecule has 3 N–H and O–H groups in total. The van der Waals surface area contributed by atoms with Crippen LogP contribution >= 0.6 is 11.6 Å². The fourth-order valence-corrected chi connectivity index (χ4v) is 0.730. The monoisotopic (exact) mass is 219 g/mol. The van der Waals surface area contributed by atoms with Gasteiger partial charge in [0.15, 0.2) is 0 Å². The standard InChI is InChI=1S/C6H5ClN2O.HNO3/c7-5-3-4(6(8)10)1-2-9-5;2-1(3)4/h1-3H,(H2,8,10);(H,2,3,4). The first kappa shape index (κ1) is 12.1. The number of rotatable bonds is 1. The van der Waals surface area contributed by atoms with E-state index in [1.165, 1.54) is 18.3 Å². The number of carbonyl (C=O) groups excluding carboxylic acids is 1. The second-order valence-corrected chi connectivity index (χ2v) is 2.36. The fraction of sp³-hybridized carbons (Fsp3) is 0. The predicted molar refractivity (Wildman–Crippen MR) is 46.5 cm³/mol. The molecule has 0 saturated heterocycles. The molecule has 76 valence electrons. The molecule has 0 aromatic carbocycles. The van der Waals surface area contributed by atoms with Crippen molar-refractivity contribution >= 4 is 17.5 Å². The number of nitrogens with zero attached hydrogens (tertiary/aromatic N) is 2. The van der Waals surface area contributed by atoms with Crippen molar-refractivity contribution in [2.75, 3.05) is 0 Å². The van der Waals surface area contributed by atoms with Crippen LogP contribution in [0.15, 0.2) is 18.3 Å². The summed E-state index contributed by atoms with van der Waals surface area (Å²) < 4.78 is 0. The molecule has 14 heavy (non-hydrogen) atoms. The molecule has 0 atom stereocenters. The van der Waals surface area contributed by atoms with Gasteiger partial charge in [-0.15, -0.1) is 10.1 Å². The molecule has 0 aliphatic rings. The van der Waals surface area contributed by atoms with E-state index < -0.39 is 11.0 Å². The third-order valence-electron chi connectivity index (χ3n) is 1.01. The summed E-state index contributed by atoms with van der Waals surface area (Å²) in [6.45, 7) is 0. The van der Waals surface area contributed by atoms with Crippen molar-refractivity contribution in [3.05, 3.63) is 39.2 Å². The van der Waals surface area contributed by atoms with Gasteiger partial charge in [0.25, 0.3) is 5.09 Å². The van der Waals surface area contributed by atoms with E-state index in [1.807, 2.05) is 0 Å². The lowest BCUT2D eigenvalue weighted by Gasteiger charge is -1.92. The SMILES string of the molecule is NC(=O)c1ccnc(Cl)c1.O=[N+]([O-])O. The van der Waals surface area contributed by atoms with Crippen molar-refractivity contribution in [1.82, 2.24) is 4.98 Å². The summed E-state index contributed by atoms with van der Waals surface area (Å²) >= 11 is 5.47. The number of amides is 1. The van der Waals surface area contributed by atoms with Crippen molar-refractivity contribution < 1.29 is 15.1 Å². The molecule has 0 aliphatic carbocycles. The topological polar surface area (TPSA) is 119 Å². The smallest absolute Gasteiger partial charge is 0.291 e. The summed E-state index contributed by atoms with van der Waals surface area (Å²) in [5, 5.41) is 13.9. The summed E-state index contributed by atoms with van der Waals surface area (Å²) in [5.74, 6) is -0.496. The molecule has 1 aromatic rings. The van der Waals surface area contributed by atoms with Gasteiger partial charge in [0.2, 0.25) is 5.91 Å². The number of carbonyl (C=O) groups is 1. The van der Waals surface area contributed by atoms with Crippen LogP contribution in [0.4, 0.5) is 0 Å². The van der Waals surface area contributed by atoms with E-state index in [9.17, 15) is 4.79 Å². The number of primary amides is 1. The van der Waals surface area contributed by atoms with Crippen LogP contribution in [0.2, 0.25) is 5.15 Å². The number of hydrogen-bond donors (Lipinski definition) is 2. The van der Waals surface area contributed by atoms with Gasteiger partial charge >= 0.3 is 0 Å². The van der Waals surface area contributed by atoms with Crippen molar-refractivity contribution in [2.45, 2.75) is 0 Å². The van der Waals surface area contributed by atoms with Crippen LogP contribution in [0.25, 0.3) is 0 Å². The van der Waals surface area contributed by atoms with Gasteiger partial charge in [-0.05, 0) is 12.1 Å². The highest BCUT2D eigenvalue weighted by molar-refractivity contribution is 6.29. The van der Waals surface area contributed by atoms with E-state index in [0.717, 1.165) is 0 Å². The van der Waals surface area contributed by atoms with Crippen LogP contribution in [0.5, 0.6) is 0 Å². The Morgan fingerprint density at radius 1 is 1.71 bits per heavy atom. The highest BCUT2D eigenvalue weighted by Gasteiger charge is 1.98. The first-order valence-electron chi connectivity index (χ1n) is 3.18. The molecule has 1 heterocycles. The molecule has 1 amide bonds. The molecule has 0 aliphatic heterocycles. The predicted octanol–water partition coefficient (Wildman–Crippen LogP) is 0.486. The van der Waals surface area contributed by atoms with Crippen LogP contribution < -0.4 is 5.73 Å². The van der Waals surface area contributed by atoms with Gasteiger partial charge in [-0.2, -0.15) is 0 Å². The maximum Gasteiger partial charge on any atom is 0.291 e. The van der Waals surface area contributed by atoms with Gasteiger partial charge in [-0.1, -0.05) is 11.6 Å². The highest BCUT2D eigenvalue weighted by Crippen LogP contribution is 2.05. The zero-order chi connectivity index (χ0) is 11.1. The summed E-state index contributed by atoms with van der Waals surface area (Å²) in [4.78, 5) is 22.5. The molecular formula is C6H6ClN3O4. The van der Waals surface area contributed by atoms with Gasteiger partial charge in [-0.25, -0.2) is 4.98 Å². The van der Waals surface area contributed by atoms with Gasteiger partial charge in [0, 0.05) is 11.8 Å². The summed E-state index contributed by atoms with van der Waals surface area (Å²) in [5.41, 5.74) is 5.33. The van der Waals surface area contributed by atoms with Crippen LogP contribution in [0, 0.1) is 10.1 Å². The van der Waals surface area contributed by atoms with E-state index in [-0.39, 0.29) is 5.15 Å². The van der Waals surface area contributed by atoms with Gasteiger partial charge in [0.05, 0.1) is 0 Å². The Bertz CT molecular complexity index is 340. The van der Waals surface area contributed by atoms with E-state index >= 15 is 0 Å². The van der Waals surface area contributed by atoms with Crippen molar-refractivity contribution in [3.63, 3.8) is 0 Å². The van der Waals surface area contributed by atoms with E-state index in [4.69, 9.17) is 32.7 Å². The molecule has 7 nitrogen and oxygen atoms in total. The maximum absolute atomic E-state index is 10.5. The number of nitrogens with two attached hydrogens (primary N) is 1. The molecular weight excluding hydrogens is 214 g/mol. The van der Waals surface area contributed by atoms with Crippen LogP contribution in [-0.2, 0) is 0 Å². The quantitative estimate of drug-likeness (QED) is 0.405. The van der Waals surface area contributed by atoms with Crippen molar-refractivity contribution in [2.24, 2.45) is 5.73 Å². The zero-order valence-corrected chi connectivity index (χ0v) is 7.51. The Balaban J connectivity index is 0.000000364. The second kappa shape index (κ2) is 5.70. The Labute approximate surface area is 83.2 Å². The Kier molecular flexibility index (Phi) is 4.93. The van der Waals surface area contributed by atoms with Gasteiger partial charge in [-0.3, -0.25) is 4.79 Å². The summed E-state index contributed by atoms with van der Waals surface area (Å²) in [6.07, 6.45) is 1.43. The van der Waals surface area contributed by atoms with Gasteiger partial charge in [0.1, 0.15) is 5.15 Å². The molecule has 0 bridgehead atoms. The highest BCUT2D eigenvalue weighted by atomic mass is 35.5. The third-order valence-corrected chi connectivity index (χ3v) is 1.22. The lowest BCUT2D eigenvalue weighted by atomic mass is 10.3. The van der Waals surface area contributed by atoms with E-state index in [0.29, 0.717) is 5.56 Å². The zero-order valence-electron chi connectivity index (χ0n) is 6.75. The van der Waals surface area contributed by atoms with E-state index in [2.05, 4.69) is 4.98 Å². The molecule has 1 aromatic heterocycles. The normalized spacial score (nSPS) is 8.36. The van der Waals surface area contributed by atoms with Crippen LogP contribution in [0.3, 0.4) is 0 Å². The number of halogens is 1.